The molecular weight excluding hydrogens is 429 g/mol. The van der Waals surface area contributed by atoms with E-state index in [1.165, 1.54) is 18.4 Å². The van der Waals surface area contributed by atoms with E-state index in [1.807, 2.05) is 6.92 Å². The van der Waals surface area contributed by atoms with E-state index in [0.29, 0.717) is 26.4 Å². The lowest BCUT2D eigenvalue weighted by Gasteiger charge is -2.13. The Morgan fingerprint density at radius 1 is 1.20 bits per heavy atom. The van der Waals surface area contributed by atoms with Gasteiger partial charge in [0.1, 0.15) is 12.4 Å². The van der Waals surface area contributed by atoms with Crippen molar-refractivity contribution in [2.24, 2.45) is 10.9 Å². The van der Waals surface area contributed by atoms with Gasteiger partial charge in [-0.1, -0.05) is 12.1 Å². The Morgan fingerprint density at radius 3 is 2.68 bits per heavy atom. The second kappa shape index (κ2) is 12.4. The molecule has 0 aromatic heterocycles. The second-order valence-electron chi connectivity index (χ2n) is 6.18. The number of halogens is 1. The Kier molecular flexibility index (Phi) is 10.9. The van der Waals surface area contributed by atoms with Gasteiger partial charge in [-0.15, -0.1) is 24.0 Å². The highest BCUT2D eigenvalue weighted by Crippen LogP contribution is 2.27. The monoisotopic (exact) mass is 461 g/mol. The maximum Gasteiger partial charge on any atom is 0.191 e. The van der Waals surface area contributed by atoms with Crippen molar-refractivity contribution in [2.75, 3.05) is 32.9 Å². The standard InChI is InChI=1S/C19H31N3O2.HI/c1-4-20-19(21-13-16-7-8-16)22-14-17-9-6-15(3)12-18(17)24-11-10-23-5-2;/h6,9,12,16H,4-5,7-8,10-11,13-14H2,1-3H3,(H2,20,21,22);1H. The van der Waals surface area contributed by atoms with Crippen LogP contribution in [0.4, 0.5) is 0 Å². The smallest absolute Gasteiger partial charge is 0.191 e. The van der Waals surface area contributed by atoms with Crippen molar-refractivity contribution in [1.82, 2.24) is 10.6 Å². The number of rotatable bonds is 10. The molecule has 0 spiro atoms. The van der Waals surface area contributed by atoms with Crippen LogP contribution in [0.5, 0.6) is 5.75 Å². The van der Waals surface area contributed by atoms with E-state index in [2.05, 4.69) is 42.7 Å². The molecule has 0 saturated heterocycles. The minimum absolute atomic E-state index is 0. The van der Waals surface area contributed by atoms with E-state index < -0.39 is 0 Å². The molecule has 1 aliphatic carbocycles. The average molecular weight is 461 g/mol. The summed E-state index contributed by atoms with van der Waals surface area (Å²) >= 11 is 0. The molecule has 142 valence electrons. The van der Waals surface area contributed by atoms with E-state index in [9.17, 15) is 0 Å². The normalized spacial score (nSPS) is 14.0. The summed E-state index contributed by atoms with van der Waals surface area (Å²) in [5.74, 6) is 2.60. The fourth-order valence-corrected chi connectivity index (χ4v) is 2.35. The molecule has 0 amide bonds. The van der Waals surface area contributed by atoms with Crippen LogP contribution in [-0.4, -0.2) is 38.9 Å². The third kappa shape index (κ3) is 8.76. The van der Waals surface area contributed by atoms with Gasteiger partial charge in [0.25, 0.3) is 0 Å². The van der Waals surface area contributed by atoms with Crippen molar-refractivity contribution in [3.8, 4) is 5.75 Å². The van der Waals surface area contributed by atoms with Gasteiger partial charge < -0.3 is 20.1 Å². The fraction of sp³-hybridized carbons (Fsp3) is 0.632. The molecule has 1 saturated carbocycles. The number of nitrogens with one attached hydrogen (secondary N) is 2. The third-order valence-electron chi connectivity index (χ3n) is 3.92. The number of benzene rings is 1. The first-order valence-electron chi connectivity index (χ1n) is 9.05. The van der Waals surface area contributed by atoms with Crippen LogP contribution in [0.25, 0.3) is 0 Å². The predicted octanol–water partition coefficient (Wildman–Crippen LogP) is 3.49. The molecule has 0 atom stereocenters. The number of hydrogen-bond acceptors (Lipinski definition) is 3. The molecule has 1 aromatic carbocycles. The summed E-state index contributed by atoms with van der Waals surface area (Å²) < 4.78 is 11.2. The topological polar surface area (TPSA) is 54.9 Å². The summed E-state index contributed by atoms with van der Waals surface area (Å²) in [5, 5.41) is 6.73. The van der Waals surface area contributed by atoms with Crippen LogP contribution in [0.15, 0.2) is 23.2 Å². The summed E-state index contributed by atoms with van der Waals surface area (Å²) in [5.41, 5.74) is 2.29. The Bertz CT molecular complexity index is 533. The minimum atomic E-state index is 0. The number of aliphatic imine (C=N–C) groups is 1. The Hall–Kier alpha value is -1.02. The zero-order chi connectivity index (χ0) is 17.2. The van der Waals surface area contributed by atoms with Crippen LogP contribution in [0, 0.1) is 12.8 Å². The highest BCUT2D eigenvalue weighted by molar-refractivity contribution is 14.0. The van der Waals surface area contributed by atoms with Crippen LogP contribution in [0.3, 0.4) is 0 Å². The van der Waals surface area contributed by atoms with Crippen molar-refractivity contribution >= 4 is 29.9 Å². The largest absolute Gasteiger partial charge is 0.491 e. The lowest BCUT2D eigenvalue weighted by Crippen LogP contribution is -2.38. The molecule has 0 aliphatic heterocycles. The molecule has 6 heteroatoms. The molecule has 2 rings (SSSR count). The van der Waals surface area contributed by atoms with Crippen LogP contribution < -0.4 is 15.4 Å². The van der Waals surface area contributed by atoms with Gasteiger partial charge in [0.15, 0.2) is 5.96 Å². The van der Waals surface area contributed by atoms with Gasteiger partial charge in [-0.05, 0) is 51.2 Å². The number of nitrogens with zero attached hydrogens (tertiary/aromatic N) is 1. The number of ether oxygens (including phenoxy) is 2. The SMILES string of the molecule is CCNC(=NCc1ccc(C)cc1OCCOCC)NCC1CC1.I. The molecule has 0 unspecified atom stereocenters. The van der Waals surface area contributed by atoms with Crippen LogP contribution in [0.1, 0.15) is 37.8 Å². The van der Waals surface area contributed by atoms with Gasteiger partial charge in [-0.2, -0.15) is 0 Å². The molecule has 0 heterocycles. The van der Waals surface area contributed by atoms with Crippen molar-refractivity contribution in [3.05, 3.63) is 29.3 Å². The average Bonchev–Trinajstić information content (AvgIpc) is 3.40. The first-order valence-corrected chi connectivity index (χ1v) is 9.05. The van der Waals surface area contributed by atoms with E-state index in [1.54, 1.807) is 0 Å². The van der Waals surface area contributed by atoms with Crippen LogP contribution in [-0.2, 0) is 11.3 Å². The van der Waals surface area contributed by atoms with Gasteiger partial charge in [-0.25, -0.2) is 4.99 Å². The molecule has 5 nitrogen and oxygen atoms in total. The van der Waals surface area contributed by atoms with Gasteiger partial charge in [0.05, 0.1) is 13.2 Å². The van der Waals surface area contributed by atoms with Crippen molar-refractivity contribution < 1.29 is 9.47 Å². The molecule has 1 aromatic rings. The highest BCUT2D eigenvalue weighted by atomic mass is 127. The molecule has 2 N–H and O–H groups in total. The van der Waals surface area contributed by atoms with E-state index in [4.69, 9.17) is 14.5 Å². The zero-order valence-electron chi connectivity index (χ0n) is 15.6. The Labute approximate surface area is 169 Å². The second-order valence-corrected chi connectivity index (χ2v) is 6.18. The summed E-state index contributed by atoms with van der Waals surface area (Å²) in [4.78, 5) is 4.70. The highest BCUT2D eigenvalue weighted by Gasteiger charge is 2.21. The fourth-order valence-electron chi connectivity index (χ4n) is 2.35. The van der Waals surface area contributed by atoms with E-state index in [0.717, 1.165) is 36.3 Å². The summed E-state index contributed by atoms with van der Waals surface area (Å²) in [7, 11) is 0. The number of guanidine groups is 1. The summed E-state index contributed by atoms with van der Waals surface area (Å²) in [6.07, 6.45) is 2.67. The maximum atomic E-state index is 5.89. The number of aryl methyl sites for hydroxylation is 1. The molecular formula is C19H32IN3O2. The van der Waals surface area contributed by atoms with Gasteiger partial charge in [-0.3, -0.25) is 0 Å². The molecule has 0 radical (unpaired) electrons. The minimum Gasteiger partial charge on any atom is -0.491 e. The number of hydrogen-bond donors (Lipinski definition) is 2. The van der Waals surface area contributed by atoms with Crippen molar-refractivity contribution in [3.63, 3.8) is 0 Å². The Balaban J connectivity index is 0.00000312. The van der Waals surface area contributed by atoms with Crippen LogP contribution >= 0.6 is 24.0 Å². The third-order valence-corrected chi connectivity index (χ3v) is 3.92. The summed E-state index contributed by atoms with van der Waals surface area (Å²) in [6.45, 7) is 10.5. The molecule has 25 heavy (non-hydrogen) atoms. The van der Waals surface area contributed by atoms with Gasteiger partial charge in [0, 0.05) is 25.3 Å². The maximum absolute atomic E-state index is 5.89. The van der Waals surface area contributed by atoms with E-state index >= 15 is 0 Å². The van der Waals surface area contributed by atoms with Crippen molar-refractivity contribution in [1.29, 1.82) is 0 Å². The van der Waals surface area contributed by atoms with Gasteiger partial charge in [0.2, 0.25) is 0 Å². The first-order chi connectivity index (χ1) is 11.7. The van der Waals surface area contributed by atoms with Crippen molar-refractivity contribution in [2.45, 2.75) is 40.2 Å². The quantitative estimate of drug-likeness (QED) is 0.243. The summed E-state index contributed by atoms with van der Waals surface area (Å²) in [6, 6.07) is 6.27. The Morgan fingerprint density at radius 2 is 2.00 bits per heavy atom. The zero-order valence-corrected chi connectivity index (χ0v) is 18.0. The molecule has 1 fully saturated rings. The van der Waals surface area contributed by atoms with Crippen LogP contribution in [0.2, 0.25) is 0 Å². The lowest BCUT2D eigenvalue weighted by molar-refractivity contribution is 0.110. The van der Waals surface area contributed by atoms with Gasteiger partial charge >= 0.3 is 0 Å². The molecule has 0 bridgehead atoms. The predicted molar refractivity (Wildman–Crippen MR) is 114 cm³/mol. The first kappa shape index (κ1) is 22.0. The molecule has 1 aliphatic rings. The lowest BCUT2D eigenvalue weighted by atomic mass is 10.1. The van der Waals surface area contributed by atoms with E-state index in [-0.39, 0.29) is 24.0 Å².